The minimum atomic E-state index is -0.891. The van der Waals surface area contributed by atoms with Gasteiger partial charge in [-0.25, -0.2) is 4.98 Å². The number of benzene rings is 1. The van der Waals surface area contributed by atoms with Crippen LogP contribution in [0.1, 0.15) is 11.3 Å². The lowest BCUT2D eigenvalue weighted by Gasteiger charge is -2.35. The zero-order chi connectivity index (χ0) is 22.3. The Morgan fingerprint density at radius 3 is 2.67 bits per heavy atom. The third-order valence-corrected chi connectivity index (χ3v) is 6.72. The van der Waals surface area contributed by atoms with Gasteiger partial charge in [0.2, 0.25) is 6.79 Å². The van der Waals surface area contributed by atoms with Crippen LogP contribution in [0.2, 0.25) is 0 Å². The molecule has 0 spiro atoms. The Bertz CT molecular complexity index is 1470. The van der Waals surface area contributed by atoms with Gasteiger partial charge in [0.05, 0.1) is 23.5 Å². The highest BCUT2D eigenvalue weighted by molar-refractivity contribution is 6.01. The molecule has 0 bridgehead atoms. The lowest BCUT2D eigenvalue weighted by Crippen LogP contribution is -2.31. The molecule has 0 saturated carbocycles. The van der Waals surface area contributed by atoms with Crippen molar-refractivity contribution in [1.82, 2.24) is 14.9 Å². The van der Waals surface area contributed by atoms with E-state index in [1.54, 1.807) is 12.4 Å². The van der Waals surface area contributed by atoms with Gasteiger partial charge >= 0.3 is 0 Å². The summed E-state index contributed by atoms with van der Waals surface area (Å²) < 4.78 is 16.9. The molecule has 0 radical (unpaired) electrons. The van der Waals surface area contributed by atoms with Gasteiger partial charge in [0.1, 0.15) is 18.5 Å². The van der Waals surface area contributed by atoms with Gasteiger partial charge in [0, 0.05) is 40.7 Å². The van der Waals surface area contributed by atoms with E-state index in [0.717, 1.165) is 61.6 Å². The van der Waals surface area contributed by atoms with Crippen molar-refractivity contribution < 1.29 is 19.3 Å². The molecule has 7 heteroatoms. The van der Waals surface area contributed by atoms with Crippen LogP contribution in [0.4, 0.5) is 0 Å². The summed E-state index contributed by atoms with van der Waals surface area (Å²) in [6.45, 7) is 9.34. The number of hydrogen-bond donors (Lipinski definition) is 1. The van der Waals surface area contributed by atoms with E-state index in [0.29, 0.717) is 24.7 Å². The molecular weight excluding hydrogens is 418 g/mol. The van der Waals surface area contributed by atoms with E-state index >= 15 is 0 Å². The third-order valence-electron chi connectivity index (χ3n) is 6.72. The number of aromatic nitrogens is 2. The van der Waals surface area contributed by atoms with Crippen LogP contribution in [0, 0.1) is 0 Å². The monoisotopic (exact) mass is 437 g/mol. The van der Waals surface area contributed by atoms with E-state index in [1.165, 1.54) is 0 Å². The largest absolute Gasteiger partial charge is 0.491 e. The summed E-state index contributed by atoms with van der Waals surface area (Å²) in [5.74, 6) is 1.75. The van der Waals surface area contributed by atoms with Gasteiger partial charge in [-0.1, -0.05) is 13.2 Å². The molecule has 7 nitrogen and oxygen atoms in total. The van der Waals surface area contributed by atoms with E-state index < -0.39 is 6.10 Å². The number of ether oxygens (including phenoxy) is 3. The van der Waals surface area contributed by atoms with Gasteiger partial charge in [0.25, 0.3) is 0 Å². The molecule has 3 aromatic rings. The van der Waals surface area contributed by atoms with Crippen molar-refractivity contribution in [3.05, 3.63) is 89.8 Å². The first-order valence-electron chi connectivity index (χ1n) is 10.7. The van der Waals surface area contributed by atoms with Crippen LogP contribution in [-0.2, 0) is 11.3 Å². The lowest BCUT2D eigenvalue weighted by atomic mass is 9.92. The molecule has 6 heterocycles. The van der Waals surface area contributed by atoms with Crippen LogP contribution in [0.25, 0.3) is 27.7 Å². The van der Waals surface area contributed by atoms with Crippen LogP contribution in [-0.4, -0.2) is 39.5 Å². The molecule has 0 saturated heterocycles. The van der Waals surface area contributed by atoms with Crippen molar-refractivity contribution in [1.29, 1.82) is 0 Å². The highest BCUT2D eigenvalue weighted by atomic mass is 16.7. The highest BCUT2D eigenvalue weighted by Gasteiger charge is 2.39. The predicted octanol–water partition coefficient (Wildman–Crippen LogP) is 3.91. The van der Waals surface area contributed by atoms with E-state index in [9.17, 15) is 5.11 Å². The number of hydrogen-bond acceptors (Lipinski definition) is 7. The molecule has 0 amide bonds. The van der Waals surface area contributed by atoms with Gasteiger partial charge in [0.15, 0.2) is 11.5 Å². The van der Waals surface area contributed by atoms with Crippen molar-refractivity contribution in [2.45, 2.75) is 12.6 Å². The topological polar surface area (TPSA) is 76.9 Å². The summed E-state index contributed by atoms with van der Waals surface area (Å²) in [5.41, 5.74) is 8.29. The summed E-state index contributed by atoms with van der Waals surface area (Å²) in [7, 11) is 0. The number of rotatable bonds is 1. The highest BCUT2D eigenvalue weighted by Crippen LogP contribution is 2.49. The molecule has 4 aliphatic heterocycles. The zero-order valence-corrected chi connectivity index (χ0v) is 17.7. The molecule has 1 aromatic carbocycles. The van der Waals surface area contributed by atoms with Crippen LogP contribution in [0.15, 0.2) is 78.5 Å². The first-order chi connectivity index (χ1) is 16.1. The Morgan fingerprint density at radius 1 is 1.06 bits per heavy atom. The first kappa shape index (κ1) is 18.5. The molecule has 7 rings (SSSR count). The lowest BCUT2D eigenvalue weighted by molar-refractivity contribution is 0.118. The van der Waals surface area contributed by atoms with Crippen molar-refractivity contribution in [3.63, 3.8) is 0 Å². The van der Waals surface area contributed by atoms with Crippen LogP contribution in [0.5, 0.6) is 11.5 Å². The fourth-order valence-corrected chi connectivity index (χ4v) is 5.06. The Labute approximate surface area is 189 Å². The quantitative estimate of drug-likeness (QED) is 0.619. The first-order valence-corrected chi connectivity index (χ1v) is 10.7. The molecule has 1 N–H and O–H groups in total. The van der Waals surface area contributed by atoms with E-state index in [-0.39, 0.29) is 6.79 Å². The van der Waals surface area contributed by atoms with Crippen molar-refractivity contribution in [2.75, 3.05) is 13.4 Å². The van der Waals surface area contributed by atoms with E-state index in [2.05, 4.69) is 23.0 Å². The second-order valence-electron chi connectivity index (χ2n) is 8.43. The van der Waals surface area contributed by atoms with Crippen molar-refractivity contribution in [3.8, 4) is 22.6 Å². The second-order valence-corrected chi connectivity index (χ2v) is 8.43. The van der Waals surface area contributed by atoms with Crippen LogP contribution >= 0.6 is 0 Å². The smallest absolute Gasteiger partial charge is 0.231 e. The van der Waals surface area contributed by atoms with Crippen molar-refractivity contribution >= 4 is 16.6 Å². The fourth-order valence-electron chi connectivity index (χ4n) is 5.06. The average molecular weight is 437 g/mol. The molecule has 1 unspecified atom stereocenters. The maximum Gasteiger partial charge on any atom is 0.231 e. The van der Waals surface area contributed by atoms with Gasteiger partial charge in [-0.3, -0.25) is 4.98 Å². The predicted molar refractivity (Wildman–Crippen MR) is 122 cm³/mol. The van der Waals surface area contributed by atoms with E-state index in [1.807, 2.05) is 30.3 Å². The van der Waals surface area contributed by atoms with Crippen LogP contribution in [0.3, 0.4) is 0 Å². The van der Waals surface area contributed by atoms with Gasteiger partial charge in [-0.05, 0) is 41.0 Å². The zero-order valence-electron chi connectivity index (χ0n) is 17.7. The van der Waals surface area contributed by atoms with Gasteiger partial charge in [-0.15, -0.1) is 0 Å². The molecule has 0 aliphatic carbocycles. The summed E-state index contributed by atoms with van der Waals surface area (Å²) in [5, 5.41) is 11.7. The van der Waals surface area contributed by atoms with E-state index in [4.69, 9.17) is 19.2 Å². The average Bonchev–Trinajstić information content (AvgIpc) is 3.44. The molecule has 4 aliphatic rings. The van der Waals surface area contributed by atoms with Crippen molar-refractivity contribution in [2.24, 2.45) is 0 Å². The standard InChI is InChI=1S/C26H19N3O4/c1-13-19-11-31-14(2)26(30)16(19)7-21-25-18(10-29(13)21)24(15-3-5-27-6-4-15)17-8-22-23(33-12-32-22)9-20(17)28-25/h3-9,26,30H,1-2,10-12H2. The molecular formula is C26H19N3O4. The number of pyridine rings is 2. The third kappa shape index (κ3) is 2.48. The fraction of sp³-hybridized carbons (Fsp3) is 0.154. The number of aliphatic hydroxyl groups is 1. The maximum atomic E-state index is 10.7. The normalized spacial score (nSPS) is 20.5. The van der Waals surface area contributed by atoms with Crippen LogP contribution < -0.4 is 9.47 Å². The second kappa shape index (κ2) is 6.46. The number of nitrogens with zero attached hydrogens (tertiary/aromatic N) is 3. The Morgan fingerprint density at radius 2 is 1.85 bits per heavy atom. The minimum absolute atomic E-state index is 0.204. The summed E-state index contributed by atoms with van der Waals surface area (Å²) in [4.78, 5) is 11.4. The molecule has 33 heavy (non-hydrogen) atoms. The maximum absolute atomic E-state index is 10.7. The van der Waals surface area contributed by atoms with Gasteiger partial charge < -0.3 is 24.2 Å². The minimum Gasteiger partial charge on any atom is -0.491 e. The Hall–Kier alpha value is -4.10. The molecule has 0 fully saturated rings. The Kier molecular flexibility index (Phi) is 3.62. The SMILES string of the molecule is C=C1OCC2=C(C=C3c4nc5cc6c(cc5c(-c5ccncc5)c4CN3C2=C)OCO6)C1O. The number of fused-ring (bicyclic) bond motifs is 5. The van der Waals surface area contributed by atoms with Gasteiger partial charge in [-0.2, -0.15) is 0 Å². The molecule has 2 aromatic heterocycles. The summed E-state index contributed by atoms with van der Waals surface area (Å²) in [6.07, 6.45) is 4.69. The molecule has 162 valence electrons. The number of aliphatic hydroxyl groups excluding tert-OH is 1. The summed E-state index contributed by atoms with van der Waals surface area (Å²) >= 11 is 0. The Balaban J connectivity index is 1.52. The summed E-state index contributed by atoms with van der Waals surface area (Å²) in [6, 6.07) is 7.95. The molecule has 1 atom stereocenters.